The lowest BCUT2D eigenvalue weighted by Crippen LogP contribution is -2.40. The molecule has 4 rings (SSSR count). The Bertz CT molecular complexity index is 1070. The van der Waals surface area contributed by atoms with Crippen LogP contribution in [0.1, 0.15) is 23.2 Å². The lowest BCUT2D eigenvalue weighted by atomic mass is 10.1. The molecule has 10 heteroatoms. The molecule has 2 saturated heterocycles. The molecule has 0 spiro atoms. The third kappa shape index (κ3) is 5.78. The van der Waals surface area contributed by atoms with Gasteiger partial charge in [-0.25, -0.2) is 8.42 Å². The Hall–Kier alpha value is -2.33. The van der Waals surface area contributed by atoms with E-state index in [9.17, 15) is 13.2 Å². The van der Waals surface area contributed by atoms with Crippen molar-refractivity contribution in [2.75, 3.05) is 57.4 Å². The molecule has 0 unspecified atom stereocenters. The van der Waals surface area contributed by atoms with Gasteiger partial charge in [0, 0.05) is 36.9 Å². The molecule has 178 valence electrons. The molecule has 2 aliphatic heterocycles. The Labute approximate surface area is 199 Å². The van der Waals surface area contributed by atoms with Crippen LogP contribution in [-0.4, -0.2) is 71.2 Å². The van der Waals surface area contributed by atoms with E-state index in [0.29, 0.717) is 42.6 Å². The van der Waals surface area contributed by atoms with Crippen molar-refractivity contribution in [1.29, 1.82) is 0 Å². The predicted molar refractivity (Wildman–Crippen MR) is 127 cm³/mol. The Kier molecular flexibility index (Phi) is 7.75. The maximum Gasteiger partial charge on any atom is 0.253 e. The van der Waals surface area contributed by atoms with Gasteiger partial charge in [-0.05, 0) is 55.3 Å². The first-order valence-corrected chi connectivity index (χ1v) is 12.9. The molecule has 8 nitrogen and oxygen atoms in total. The average molecular weight is 494 g/mol. The van der Waals surface area contributed by atoms with Gasteiger partial charge in [0.1, 0.15) is 12.4 Å². The van der Waals surface area contributed by atoms with Gasteiger partial charge in [-0.1, -0.05) is 11.6 Å². The summed E-state index contributed by atoms with van der Waals surface area (Å²) in [4.78, 5) is 15.3. The molecule has 2 aliphatic rings. The predicted octanol–water partition coefficient (Wildman–Crippen LogP) is 2.77. The molecule has 0 radical (unpaired) electrons. The summed E-state index contributed by atoms with van der Waals surface area (Å²) in [6, 6.07) is 11.8. The Morgan fingerprint density at radius 2 is 1.73 bits per heavy atom. The molecule has 1 amide bonds. The topological polar surface area (TPSA) is 88.2 Å². The van der Waals surface area contributed by atoms with Gasteiger partial charge < -0.3 is 19.7 Å². The molecular weight excluding hydrogens is 466 g/mol. The number of nitrogens with zero attached hydrogens (tertiary/aromatic N) is 2. The SMILES string of the molecule is O=C(NCCOc1ccc(Cl)cc1)c1cc(S(=O)(=O)N2CCOCC2)ccc1N1CCCC1. The number of rotatable bonds is 8. The molecule has 2 aromatic carbocycles. The molecule has 0 saturated carbocycles. The second-order valence-corrected chi connectivity index (χ2v) is 10.3. The molecule has 2 fully saturated rings. The zero-order valence-corrected chi connectivity index (χ0v) is 19.9. The minimum atomic E-state index is -3.70. The van der Waals surface area contributed by atoms with E-state index in [0.717, 1.165) is 31.6 Å². The minimum absolute atomic E-state index is 0.120. The van der Waals surface area contributed by atoms with Crippen LogP contribution in [0.3, 0.4) is 0 Å². The van der Waals surface area contributed by atoms with Gasteiger partial charge in [-0.3, -0.25) is 4.79 Å². The van der Waals surface area contributed by atoms with E-state index in [1.54, 1.807) is 36.4 Å². The zero-order chi connectivity index (χ0) is 23.3. The lowest BCUT2D eigenvalue weighted by Gasteiger charge is -2.27. The fourth-order valence-electron chi connectivity index (χ4n) is 3.99. The molecule has 2 heterocycles. The fraction of sp³-hybridized carbons (Fsp3) is 0.435. The number of amides is 1. The normalized spacial score (nSPS) is 17.2. The Morgan fingerprint density at radius 1 is 1.03 bits per heavy atom. The highest BCUT2D eigenvalue weighted by Crippen LogP contribution is 2.29. The second-order valence-electron chi connectivity index (χ2n) is 7.95. The summed E-state index contributed by atoms with van der Waals surface area (Å²) in [6.07, 6.45) is 2.09. The first-order chi connectivity index (χ1) is 15.9. The standard InChI is InChI=1S/C23H28ClN3O5S/c24-18-3-5-19(6-4-18)32-14-9-25-23(28)21-17-20(7-8-22(21)26-10-1-2-11-26)33(29,30)27-12-15-31-16-13-27/h3-8,17H,1-2,9-16H2,(H,25,28). The minimum Gasteiger partial charge on any atom is -0.492 e. The van der Waals surface area contributed by atoms with Gasteiger partial charge in [0.15, 0.2) is 0 Å². The van der Waals surface area contributed by atoms with E-state index < -0.39 is 10.0 Å². The van der Waals surface area contributed by atoms with Crippen molar-refractivity contribution in [3.8, 4) is 5.75 Å². The van der Waals surface area contributed by atoms with Crippen molar-refractivity contribution in [1.82, 2.24) is 9.62 Å². The van der Waals surface area contributed by atoms with Crippen LogP contribution < -0.4 is 15.0 Å². The summed E-state index contributed by atoms with van der Waals surface area (Å²) in [6.45, 7) is 3.59. The third-order valence-corrected chi connectivity index (χ3v) is 7.88. The first kappa shape index (κ1) is 23.8. The summed E-state index contributed by atoms with van der Waals surface area (Å²) >= 11 is 5.88. The molecular formula is C23H28ClN3O5S. The van der Waals surface area contributed by atoms with Gasteiger partial charge in [0.2, 0.25) is 10.0 Å². The van der Waals surface area contributed by atoms with Gasteiger partial charge in [0.25, 0.3) is 5.91 Å². The van der Waals surface area contributed by atoms with E-state index in [1.807, 2.05) is 0 Å². The van der Waals surface area contributed by atoms with E-state index in [1.165, 1.54) is 10.4 Å². The number of carbonyl (C=O) groups excluding carboxylic acids is 1. The highest BCUT2D eigenvalue weighted by molar-refractivity contribution is 7.89. The van der Waals surface area contributed by atoms with Crippen LogP contribution in [-0.2, 0) is 14.8 Å². The number of morpholine rings is 1. The Balaban J connectivity index is 1.49. The average Bonchev–Trinajstić information content (AvgIpc) is 3.38. The number of sulfonamides is 1. The number of carbonyl (C=O) groups is 1. The van der Waals surface area contributed by atoms with Crippen molar-refractivity contribution < 1.29 is 22.7 Å². The Morgan fingerprint density at radius 3 is 2.42 bits per heavy atom. The van der Waals surface area contributed by atoms with Crippen LogP contribution in [0.2, 0.25) is 5.02 Å². The maximum absolute atomic E-state index is 13.1. The smallest absolute Gasteiger partial charge is 0.253 e. The number of halogens is 1. The fourth-order valence-corrected chi connectivity index (χ4v) is 5.55. The summed E-state index contributed by atoms with van der Waals surface area (Å²) in [5, 5.41) is 3.48. The second kappa shape index (κ2) is 10.7. The van der Waals surface area contributed by atoms with Crippen molar-refractivity contribution in [2.45, 2.75) is 17.7 Å². The summed E-state index contributed by atoms with van der Waals surface area (Å²) in [5.74, 6) is 0.334. The van der Waals surface area contributed by atoms with E-state index in [4.69, 9.17) is 21.1 Å². The van der Waals surface area contributed by atoms with Crippen molar-refractivity contribution >= 4 is 33.2 Å². The molecule has 0 atom stereocenters. The van der Waals surface area contributed by atoms with Gasteiger partial charge in [-0.2, -0.15) is 4.31 Å². The van der Waals surface area contributed by atoms with Crippen LogP contribution in [0.25, 0.3) is 0 Å². The summed E-state index contributed by atoms with van der Waals surface area (Å²) < 4.78 is 38.6. The largest absolute Gasteiger partial charge is 0.492 e. The maximum atomic E-state index is 13.1. The number of anilines is 1. The van der Waals surface area contributed by atoms with Gasteiger partial charge in [-0.15, -0.1) is 0 Å². The quantitative estimate of drug-likeness (QED) is 0.569. The van der Waals surface area contributed by atoms with Gasteiger partial charge in [0.05, 0.1) is 30.2 Å². The number of hydrogen-bond acceptors (Lipinski definition) is 6. The van der Waals surface area contributed by atoms with Gasteiger partial charge >= 0.3 is 0 Å². The molecule has 1 N–H and O–H groups in total. The van der Waals surface area contributed by atoms with Crippen LogP contribution in [0.4, 0.5) is 5.69 Å². The molecule has 33 heavy (non-hydrogen) atoms. The molecule has 0 aromatic heterocycles. The number of benzene rings is 2. The number of hydrogen-bond donors (Lipinski definition) is 1. The van der Waals surface area contributed by atoms with Crippen molar-refractivity contribution in [3.05, 3.63) is 53.1 Å². The van der Waals surface area contributed by atoms with Crippen LogP contribution in [0, 0.1) is 0 Å². The van der Waals surface area contributed by atoms with Crippen LogP contribution in [0.15, 0.2) is 47.4 Å². The molecule has 2 aromatic rings. The third-order valence-electron chi connectivity index (χ3n) is 5.74. The van der Waals surface area contributed by atoms with E-state index >= 15 is 0 Å². The van der Waals surface area contributed by atoms with E-state index in [-0.39, 0.29) is 24.0 Å². The van der Waals surface area contributed by atoms with Crippen LogP contribution in [0.5, 0.6) is 5.75 Å². The number of ether oxygens (including phenoxy) is 2. The first-order valence-electron chi connectivity index (χ1n) is 11.1. The summed E-state index contributed by atoms with van der Waals surface area (Å²) in [5.41, 5.74) is 1.11. The van der Waals surface area contributed by atoms with Crippen molar-refractivity contribution in [3.63, 3.8) is 0 Å². The zero-order valence-electron chi connectivity index (χ0n) is 18.3. The number of nitrogens with one attached hydrogen (secondary N) is 1. The highest BCUT2D eigenvalue weighted by atomic mass is 35.5. The summed E-state index contributed by atoms with van der Waals surface area (Å²) in [7, 11) is -3.70. The monoisotopic (exact) mass is 493 g/mol. The molecule has 0 aliphatic carbocycles. The van der Waals surface area contributed by atoms with Crippen molar-refractivity contribution in [2.24, 2.45) is 0 Å². The van der Waals surface area contributed by atoms with E-state index in [2.05, 4.69) is 10.2 Å². The molecule has 0 bridgehead atoms. The lowest BCUT2D eigenvalue weighted by molar-refractivity contribution is 0.0730. The van der Waals surface area contributed by atoms with Crippen LogP contribution >= 0.6 is 11.6 Å². The highest BCUT2D eigenvalue weighted by Gasteiger charge is 2.29.